The molecule has 0 saturated carbocycles. The molecule has 0 aliphatic rings. The van der Waals surface area contributed by atoms with Gasteiger partial charge in [0.15, 0.2) is 0 Å². The Morgan fingerprint density at radius 2 is 1.94 bits per heavy atom. The first-order chi connectivity index (χ1) is 7.80. The number of ether oxygens (including phenoxy) is 1. The highest BCUT2D eigenvalue weighted by Crippen LogP contribution is 2.34. The number of hydrogen-bond donors (Lipinski definition) is 0. The molecule has 0 aromatic heterocycles. The van der Waals surface area contributed by atoms with Gasteiger partial charge in [0.1, 0.15) is 5.75 Å². The standard InChI is InChI=1S/C11H9BrF2O3/c1-6(15)10(16)11(13,14)7-3-4-8(12)9(5-7)17-2/h3-5H,1-2H3. The molecule has 0 heterocycles. The summed E-state index contributed by atoms with van der Waals surface area (Å²) >= 11 is 3.10. The van der Waals surface area contributed by atoms with Crippen LogP contribution in [0.15, 0.2) is 22.7 Å². The zero-order valence-corrected chi connectivity index (χ0v) is 10.7. The van der Waals surface area contributed by atoms with Crippen LogP contribution in [0, 0.1) is 0 Å². The fraction of sp³-hybridized carbons (Fsp3) is 0.273. The van der Waals surface area contributed by atoms with E-state index in [1.807, 2.05) is 0 Å². The van der Waals surface area contributed by atoms with Crippen LogP contribution in [0.25, 0.3) is 0 Å². The summed E-state index contributed by atoms with van der Waals surface area (Å²) in [6.45, 7) is 0.812. The first kappa shape index (κ1) is 13.8. The van der Waals surface area contributed by atoms with Crippen LogP contribution in [-0.4, -0.2) is 18.7 Å². The van der Waals surface area contributed by atoms with Crippen LogP contribution in [0.4, 0.5) is 8.78 Å². The largest absolute Gasteiger partial charge is 0.496 e. The summed E-state index contributed by atoms with van der Waals surface area (Å²) in [5.41, 5.74) is -0.572. The Bertz CT molecular complexity index is 472. The lowest BCUT2D eigenvalue weighted by Gasteiger charge is -2.15. The molecule has 3 nitrogen and oxygen atoms in total. The molecule has 0 unspecified atom stereocenters. The first-order valence-corrected chi connectivity index (χ1v) is 5.37. The zero-order valence-electron chi connectivity index (χ0n) is 9.09. The molecule has 0 amide bonds. The van der Waals surface area contributed by atoms with Crippen molar-refractivity contribution >= 4 is 27.5 Å². The number of halogens is 3. The van der Waals surface area contributed by atoms with Gasteiger partial charge in [-0.05, 0) is 28.1 Å². The minimum absolute atomic E-state index is 0.165. The van der Waals surface area contributed by atoms with Crippen molar-refractivity contribution < 1.29 is 23.1 Å². The summed E-state index contributed by atoms with van der Waals surface area (Å²) in [7, 11) is 1.31. The maximum Gasteiger partial charge on any atom is 0.338 e. The fourth-order valence-electron chi connectivity index (χ4n) is 1.21. The Morgan fingerprint density at radius 3 is 2.41 bits per heavy atom. The van der Waals surface area contributed by atoms with E-state index < -0.39 is 23.1 Å². The number of Topliss-reactive ketones (excluding diaryl/α,β-unsaturated/α-hetero) is 2. The topological polar surface area (TPSA) is 43.4 Å². The van der Waals surface area contributed by atoms with Crippen molar-refractivity contribution in [2.24, 2.45) is 0 Å². The molecule has 1 aromatic rings. The lowest BCUT2D eigenvalue weighted by Crippen LogP contribution is -2.31. The minimum Gasteiger partial charge on any atom is -0.496 e. The summed E-state index contributed by atoms with van der Waals surface area (Å²) in [6.07, 6.45) is 0. The van der Waals surface area contributed by atoms with E-state index >= 15 is 0 Å². The van der Waals surface area contributed by atoms with E-state index in [4.69, 9.17) is 4.74 Å². The van der Waals surface area contributed by atoms with E-state index in [2.05, 4.69) is 15.9 Å². The second-order valence-electron chi connectivity index (χ2n) is 3.31. The quantitative estimate of drug-likeness (QED) is 0.803. The van der Waals surface area contributed by atoms with Crippen molar-refractivity contribution in [1.29, 1.82) is 0 Å². The SMILES string of the molecule is COc1cc(C(F)(F)C(=O)C(C)=O)ccc1Br. The Labute approximate surface area is 105 Å². The molecule has 0 saturated heterocycles. The maximum atomic E-state index is 13.6. The van der Waals surface area contributed by atoms with Gasteiger partial charge in [0, 0.05) is 12.5 Å². The molecule has 0 aliphatic heterocycles. The Hall–Kier alpha value is -1.30. The van der Waals surface area contributed by atoms with Gasteiger partial charge in [0.2, 0.25) is 5.78 Å². The molecule has 0 aliphatic carbocycles. The normalized spacial score (nSPS) is 11.1. The molecule has 0 fully saturated rings. The molecular weight excluding hydrogens is 298 g/mol. The van der Waals surface area contributed by atoms with E-state index in [0.717, 1.165) is 19.1 Å². The highest BCUT2D eigenvalue weighted by Gasteiger charge is 2.43. The smallest absolute Gasteiger partial charge is 0.338 e. The summed E-state index contributed by atoms with van der Waals surface area (Å²) in [5, 5.41) is 0. The van der Waals surface area contributed by atoms with Crippen LogP contribution in [-0.2, 0) is 15.5 Å². The van der Waals surface area contributed by atoms with Crippen LogP contribution >= 0.6 is 15.9 Å². The number of alkyl halides is 2. The number of hydrogen-bond acceptors (Lipinski definition) is 3. The molecule has 92 valence electrons. The molecule has 0 spiro atoms. The summed E-state index contributed by atoms with van der Waals surface area (Å²) < 4.78 is 32.5. The lowest BCUT2D eigenvalue weighted by atomic mass is 10.0. The molecule has 0 radical (unpaired) electrons. The second-order valence-corrected chi connectivity index (χ2v) is 4.16. The fourth-order valence-corrected chi connectivity index (χ4v) is 1.62. The predicted molar refractivity (Wildman–Crippen MR) is 60.3 cm³/mol. The summed E-state index contributed by atoms with van der Waals surface area (Å²) in [4.78, 5) is 21.8. The van der Waals surface area contributed by atoms with Gasteiger partial charge in [0.25, 0.3) is 5.78 Å². The van der Waals surface area contributed by atoms with Gasteiger partial charge in [-0.15, -0.1) is 0 Å². The van der Waals surface area contributed by atoms with E-state index in [0.29, 0.717) is 4.47 Å². The van der Waals surface area contributed by atoms with Crippen LogP contribution in [0.2, 0.25) is 0 Å². The molecule has 17 heavy (non-hydrogen) atoms. The van der Waals surface area contributed by atoms with Crippen molar-refractivity contribution in [1.82, 2.24) is 0 Å². The molecule has 6 heteroatoms. The number of carbonyl (C=O) groups excluding carboxylic acids is 2. The number of benzene rings is 1. The van der Waals surface area contributed by atoms with Gasteiger partial charge < -0.3 is 4.74 Å². The van der Waals surface area contributed by atoms with Crippen LogP contribution in [0.1, 0.15) is 12.5 Å². The summed E-state index contributed by atoms with van der Waals surface area (Å²) in [5.74, 6) is -6.59. The van der Waals surface area contributed by atoms with Crippen LogP contribution in [0.3, 0.4) is 0 Å². The average molecular weight is 307 g/mol. The maximum absolute atomic E-state index is 13.6. The molecule has 0 atom stereocenters. The van der Waals surface area contributed by atoms with Gasteiger partial charge >= 0.3 is 5.92 Å². The third-order valence-electron chi connectivity index (χ3n) is 2.12. The van der Waals surface area contributed by atoms with Gasteiger partial charge in [-0.2, -0.15) is 8.78 Å². The third kappa shape index (κ3) is 2.69. The summed E-state index contributed by atoms with van der Waals surface area (Å²) in [6, 6.07) is 3.41. The lowest BCUT2D eigenvalue weighted by molar-refractivity contribution is -0.152. The molecule has 1 rings (SSSR count). The number of carbonyl (C=O) groups is 2. The van der Waals surface area contributed by atoms with E-state index in [1.165, 1.54) is 13.2 Å². The van der Waals surface area contributed by atoms with Gasteiger partial charge in [-0.25, -0.2) is 0 Å². The molecular formula is C11H9BrF2O3. The van der Waals surface area contributed by atoms with Crippen molar-refractivity contribution in [2.75, 3.05) is 7.11 Å². The van der Waals surface area contributed by atoms with Gasteiger partial charge in [0.05, 0.1) is 11.6 Å². The second kappa shape index (κ2) is 4.91. The number of methoxy groups -OCH3 is 1. The van der Waals surface area contributed by atoms with Crippen LogP contribution in [0.5, 0.6) is 5.75 Å². The van der Waals surface area contributed by atoms with Crippen molar-refractivity contribution in [2.45, 2.75) is 12.8 Å². The number of rotatable bonds is 4. The highest BCUT2D eigenvalue weighted by atomic mass is 79.9. The molecule has 0 bridgehead atoms. The van der Waals surface area contributed by atoms with Gasteiger partial charge in [-0.3, -0.25) is 9.59 Å². The average Bonchev–Trinajstić information content (AvgIpc) is 2.28. The monoisotopic (exact) mass is 306 g/mol. The highest BCUT2D eigenvalue weighted by molar-refractivity contribution is 9.10. The van der Waals surface area contributed by atoms with Gasteiger partial charge in [-0.1, -0.05) is 6.07 Å². The minimum atomic E-state index is -3.83. The van der Waals surface area contributed by atoms with Crippen molar-refractivity contribution in [3.05, 3.63) is 28.2 Å². The molecule has 1 aromatic carbocycles. The Morgan fingerprint density at radius 1 is 1.35 bits per heavy atom. The zero-order chi connectivity index (χ0) is 13.2. The van der Waals surface area contributed by atoms with E-state index in [-0.39, 0.29) is 5.75 Å². The van der Waals surface area contributed by atoms with Crippen molar-refractivity contribution in [3.63, 3.8) is 0 Å². The van der Waals surface area contributed by atoms with E-state index in [9.17, 15) is 18.4 Å². The molecule has 0 N–H and O–H groups in total. The first-order valence-electron chi connectivity index (χ1n) is 4.58. The number of ketones is 2. The van der Waals surface area contributed by atoms with Crippen LogP contribution < -0.4 is 4.74 Å². The Kier molecular flexibility index (Phi) is 3.98. The third-order valence-corrected chi connectivity index (χ3v) is 2.77. The predicted octanol–water partition coefficient (Wildman–Crippen LogP) is 2.71. The van der Waals surface area contributed by atoms with Crippen molar-refractivity contribution in [3.8, 4) is 5.75 Å². The van der Waals surface area contributed by atoms with E-state index in [1.54, 1.807) is 0 Å². The Balaban J connectivity index is 3.24.